The Morgan fingerprint density at radius 1 is 1.00 bits per heavy atom. The van der Waals surface area contributed by atoms with Crippen LogP contribution in [-0.2, 0) is 0 Å². The van der Waals surface area contributed by atoms with Crippen molar-refractivity contribution in [3.8, 4) is 5.75 Å². The molecule has 6 heteroatoms. The summed E-state index contributed by atoms with van der Waals surface area (Å²) in [6.45, 7) is 5.89. The van der Waals surface area contributed by atoms with Crippen LogP contribution in [0.3, 0.4) is 0 Å². The van der Waals surface area contributed by atoms with E-state index in [1.165, 1.54) is 6.21 Å². The molecule has 3 rings (SSSR count). The summed E-state index contributed by atoms with van der Waals surface area (Å²) in [5.74, 6) is 0.216. The fourth-order valence-corrected chi connectivity index (χ4v) is 2.81. The summed E-state index contributed by atoms with van der Waals surface area (Å²) in [4.78, 5) is 2.17. The molecule has 1 heterocycles. The Morgan fingerprint density at radius 3 is 2.30 bits per heavy atom. The van der Waals surface area contributed by atoms with Crippen LogP contribution in [-0.4, -0.2) is 30.8 Å². The first kappa shape index (κ1) is 15.5. The number of halogens is 2. The maximum absolute atomic E-state index is 14.3. The van der Waals surface area contributed by atoms with Crippen molar-refractivity contribution in [2.45, 2.75) is 13.8 Å². The van der Waals surface area contributed by atoms with Gasteiger partial charge in [0.15, 0.2) is 5.69 Å². The highest BCUT2D eigenvalue weighted by Crippen LogP contribution is 2.31. The first-order valence-electron chi connectivity index (χ1n) is 7.82. The summed E-state index contributed by atoms with van der Waals surface area (Å²) in [5, 5.41) is 0. The van der Waals surface area contributed by atoms with E-state index in [2.05, 4.69) is 18.7 Å². The normalized spacial score (nSPS) is 15.4. The zero-order chi connectivity index (χ0) is 16.4. The van der Waals surface area contributed by atoms with Crippen LogP contribution in [0.5, 0.6) is 5.75 Å². The monoisotopic (exact) mass is 316 g/mol. The quantitative estimate of drug-likeness (QED) is 0.790. The van der Waals surface area contributed by atoms with Crippen LogP contribution in [0.15, 0.2) is 48.5 Å². The predicted octanol–water partition coefficient (Wildman–Crippen LogP) is 4.06. The summed E-state index contributed by atoms with van der Waals surface area (Å²) in [7, 11) is -4.13. The lowest BCUT2D eigenvalue weighted by Crippen LogP contribution is -2.46. The molecule has 0 atom stereocenters. The summed E-state index contributed by atoms with van der Waals surface area (Å²) in [6, 6.07) is 13.9. The third-order valence-corrected chi connectivity index (χ3v) is 4.07. The average Bonchev–Trinajstić information content (AvgIpc) is 2.55. The van der Waals surface area contributed by atoms with Gasteiger partial charge in [0.2, 0.25) is 0 Å². The van der Waals surface area contributed by atoms with Crippen LogP contribution in [0, 0.1) is 0 Å². The van der Waals surface area contributed by atoms with E-state index in [0.717, 1.165) is 23.3 Å². The van der Waals surface area contributed by atoms with Gasteiger partial charge >= 0.3 is 7.04 Å². The summed E-state index contributed by atoms with van der Waals surface area (Å²) in [5.41, 5.74) is 2.08. The van der Waals surface area contributed by atoms with Gasteiger partial charge in [-0.05, 0) is 38.1 Å². The molecule has 1 aliphatic rings. The van der Waals surface area contributed by atoms with Gasteiger partial charge in [-0.1, -0.05) is 12.1 Å². The van der Waals surface area contributed by atoms with Crippen LogP contribution >= 0.6 is 0 Å². The first-order chi connectivity index (χ1) is 11.0. The highest BCUT2D eigenvalue weighted by Gasteiger charge is 2.50. The summed E-state index contributed by atoms with van der Waals surface area (Å²) in [6.07, 6.45) is 1.45. The van der Waals surface area contributed by atoms with Gasteiger partial charge in [-0.25, -0.2) is 0 Å². The molecule has 1 aliphatic heterocycles. The number of rotatable bonds is 4. The standard InChI is InChI=1S/C17H19BF2N2O/c1-3-21(4-2)15-9-11-16(12-10-15)22-13-14-7-5-6-8-17(14)23-18(22,19)20/h5-13H,3-4H2,1-2H3. The van der Waals surface area contributed by atoms with E-state index in [0.29, 0.717) is 11.3 Å². The largest absolute Gasteiger partial charge is 0.834 e. The zero-order valence-electron chi connectivity index (χ0n) is 13.2. The van der Waals surface area contributed by atoms with Crippen molar-refractivity contribution in [2.75, 3.05) is 18.0 Å². The van der Waals surface area contributed by atoms with Crippen molar-refractivity contribution in [2.24, 2.45) is 0 Å². The van der Waals surface area contributed by atoms with Gasteiger partial charge in [0.25, 0.3) is 0 Å². The molecule has 120 valence electrons. The van der Waals surface area contributed by atoms with Crippen molar-refractivity contribution < 1.29 is 17.8 Å². The lowest BCUT2D eigenvalue weighted by atomic mass is 9.98. The second-order valence-electron chi connectivity index (χ2n) is 5.44. The Morgan fingerprint density at radius 2 is 1.65 bits per heavy atom. The van der Waals surface area contributed by atoms with Crippen LogP contribution in [0.2, 0.25) is 0 Å². The van der Waals surface area contributed by atoms with Gasteiger partial charge in [0.05, 0.1) is 11.3 Å². The minimum Gasteiger partial charge on any atom is -0.599 e. The Balaban J connectivity index is 1.99. The fourth-order valence-electron chi connectivity index (χ4n) is 2.81. The van der Waals surface area contributed by atoms with E-state index >= 15 is 0 Å². The Kier molecular flexibility index (Phi) is 4.07. The van der Waals surface area contributed by atoms with E-state index in [9.17, 15) is 8.63 Å². The summed E-state index contributed by atoms with van der Waals surface area (Å²) < 4.78 is 34.5. The van der Waals surface area contributed by atoms with Crippen molar-refractivity contribution >= 4 is 24.6 Å². The molecule has 0 spiro atoms. The Hall–Kier alpha value is -2.37. The van der Waals surface area contributed by atoms with Gasteiger partial charge < -0.3 is 22.7 Å². The highest BCUT2D eigenvalue weighted by molar-refractivity contribution is 6.53. The molecule has 0 amide bonds. The predicted molar refractivity (Wildman–Crippen MR) is 90.1 cm³/mol. The molecule has 0 fully saturated rings. The van der Waals surface area contributed by atoms with Crippen LogP contribution < -0.4 is 9.55 Å². The molecule has 0 aromatic heterocycles. The molecule has 2 aromatic rings. The van der Waals surface area contributed by atoms with E-state index in [1.807, 2.05) is 12.1 Å². The van der Waals surface area contributed by atoms with Gasteiger partial charge in [0.1, 0.15) is 6.21 Å². The molecular weight excluding hydrogens is 297 g/mol. The molecule has 0 radical (unpaired) electrons. The molecule has 0 unspecified atom stereocenters. The number of hydrogen-bond acceptors (Lipinski definition) is 2. The van der Waals surface area contributed by atoms with Gasteiger partial charge in [0, 0.05) is 30.9 Å². The fraction of sp³-hybridized carbons (Fsp3) is 0.235. The lowest BCUT2D eigenvalue weighted by Gasteiger charge is -2.28. The van der Waals surface area contributed by atoms with Gasteiger partial charge in [-0.3, -0.25) is 0 Å². The molecule has 23 heavy (non-hydrogen) atoms. The molecule has 0 bridgehead atoms. The SMILES string of the molecule is CCN(CC)c1ccc([N+]2=Cc3ccccc3O[B-]2(F)F)cc1. The third kappa shape index (κ3) is 2.93. The zero-order valence-corrected chi connectivity index (χ0v) is 13.2. The van der Waals surface area contributed by atoms with Crippen molar-refractivity contribution in [1.29, 1.82) is 0 Å². The molecule has 0 aliphatic carbocycles. The number of hydrogen-bond donors (Lipinski definition) is 0. The number of para-hydroxylation sites is 1. The van der Waals surface area contributed by atoms with Gasteiger partial charge in [-0.2, -0.15) is 0 Å². The second-order valence-corrected chi connectivity index (χ2v) is 5.44. The number of nitrogens with zero attached hydrogens (tertiary/aromatic N) is 2. The Labute approximate surface area is 134 Å². The molecule has 0 N–H and O–H groups in total. The number of fused-ring (bicyclic) bond motifs is 1. The van der Waals surface area contributed by atoms with E-state index in [4.69, 9.17) is 4.65 Å². The lowest BCUT2D eigenvalue weighted by molar-refractivity contribution is -0.343. The van der Waals surface area contributed by atoms with Crippen molar-refractivity contribution in [1.82, 2.24) is 0 Å². The van der Waals surface area contributed by atoms with Crippen LogP contribution in [0.1, 0.15) is 19.4 Å². The highest BCUT2D eigenvalue weighted by atomic mass is 19.3. The number of anilines is 1. The van der Waals surface area contributed by atoms with E-state index in [-0.39, 0.29) is 5.75 Å². The van der Waals surface area contributed by atoms with Crippen molar-refractivity contribution in [3.63, 3.8) is 0 Å². The minimum absolute atomic E-state index is 0.216. The maximum Gasteiger partial charge on any atom is 0.834 e. The smallest absolute Gasteiger partial charge is 0.599 e. The molecule has 0 saturated heterocycles. The van der Waals surface area contributed by atoms with E-state index in [1.54, 1.807) is 36.4 Å². The maximum atomic E-state index is 14.3. The summed E-state index contributed by atoms with van der Waals surface area (Å²) >= 11 is 0. The minimum atomic E-state index is -4.13. The van der Waals surface area contributed by atoms with E-state index < -0.39 is 7.04 Å². The average molecular weight is 316 g/mol. The topological polar surface area (TPSA) is 15.5 Å². The van der Waals surface area contributed by atoms with Crippen molar-refractivity contribution in [3.05, 3.63) is 54.1 Å². The second kappa shape index (κ2) is 6.03. The molecule has 3 nitrogen and oxygen atoms in total. The van der Waals surface area contributed by atoms with Crippen LogP contribution in [0.4, 0.5) is 20.0 Å². The number of benzene rings is 2. The molecule has 2 aromatic carbocycles. The Bertz CT molecular complexity index is 728. The first-order valence-corrected chi connectivity index (χ1v) is 7.82. The van der Waals surface area contributed by atoms with Crippen LogP contribution in [0.25, 0.3) is 0 Å². The molecule has 0 saturated carbocycles. The molecular formula is C17H19BF2N2O. The third-order valence-electron chi connectivity index (χ3n) is 4.07. The van der Waals surface area contributed by atoms with Gasteiger partial charge in [-0.15, -0.1) is 0 Å².